The van der Waals surface area contributed by atoms with Gasteiger partial charge in [-0.2, -0.15) is 0 Å². The molecule has 0 aromatic heterocycles. The summed E-state index contributed by atoms with van der Waals surface area (Å²) in [5, 5.41) is 3.15. The molecule has 2 aromatic rings. The van der Waals surface area contributed by atoms with Crippen molar-refractivity contribution in [3.63, 3.8) is 0 Å². The number of nitrogens with zero attached hydrogens (tertiary/aromatic N) is 1. The van der Waals surface area contributed by atoms with E-state index in [-0.39, 0.29) is 24.5 Å². The molecule has 6 heteroatoms. The van der Waals surface area contributed by atoms with Crippen molar-refractivity contribution >= 4 is 11.8 Å². The standard InChI is InChI=1S/C27H36N2O4/c1-4-21-13-15-24(16-14-21)33-19-26(30)29(18-22-9-8-12-25(17-22)32-3)20(2)27(31)28-23-10-6-5-7-11-23/h8-9,12-17,20,23H,4-7,10-11,18-19H2,1-3H3,(H,28,31)/t20-/m1/s1. The minimum Gasteiger partial charge on any atom is -0.497 e. The molecule has 0 heterocycles. The van der Waals surface area contributed by atoms with Crippen molar-refractivity contribution in [2.75, 3.05) is 13.7 Å². The van der Waals surface area contributed by atoms with E-state index in [2.05, 4.69) is 12.2 Å². The van der Waals surface area contributed by atoms with Crippen molar-refractivity contribution in [3.8, 4) is 11.5 Å². The van der Waals surface area contributed by atoms with Crippen molar-refractivity contribution < 1.29 is 19.1 Å². The Morgan fingerprint density at radius 2 is 1.76 bits per heavy atom. The van der Waals surface area contributed by atoms with E-state index in [0.29, 0.717) is 18.0 Å². The van der Waals surface area contributed by atoms with Crippen LogP contribution in [-0.2, 0) is 22.6 Å². The molecule has 178 valence electrons. The monoisotopic (exact) mass is 452 g/mol. The highest BCUT2D eigenvalue weighted by molar-refractivity contribution is 5.88. The molecule has 33 heavy (non-hydrogen) atoms. The predicted molar refractivity (Wildman–Crippen MR) is 129 cm³/mol. The first-order valence-electron chi connectivity index (χ1n) is 11.9. The number of rotatable bonds is 10. The summed E-state index contributed by atoms with van der Waals surface area (Å²) < 4.78 is 11.1. The van der Waals surface area contributed by atoms with Gasteiger partial charge >= 0.3 is 0 Å². The summed E-state index contributed by atoms with van der Waals surface area (Å²) >= 11 is 0. The first-order valence-corrected chi connectivity index (χ1v) is 11.9. The highest BCUT2D eigenvalue weighted by Crippen LogP contribution is 2.20. The molecule has 2 amide bonds. The second-order valence-corrected chi connectivity index (χ2v) is 8.68. The second kappa shape index (κ2) is 12.3. The van der Waals surface area contributed by atoms with E-state index in [0.717, 1.165) is 37.7 Å². The van der Waals surface area contributed by atoms with Gasteiger partial charge in [-0.1, -0.05) is 50.5 Å². The van der Waals surface area contributed by atoms with Crippen LogP contribution in [-0.4, -0.2) is 42.5 Å². The molecular formula is C27H36N2O4. The average Bonchev–Trinajstić information content (AvgIpc) is 2.86. The summed E-state index contributed by atoms with van der Waals surface area (Å²) in [6.07, 6.45) is 6.44. The molecule has 1 aliphatic carbocycles. The Balaban J connectivity index is 1.70. The topological polar surface area (TPSA) is 67.9 Å². The van der Waals surface area contributed by atoms with Gasteiger partial charge in [0, 0.05) is 12.6 Å². The molecule has 0 spiro atoms. The number of nitrogens with one attached hydrogen (secondary N) is 1. The van der Waals surface area contributed by atoms with Gasteiger partial charge in [-0.3, -0.25) is 9.59 Å². The fourth-order valence-electron chi connectivity index (χ4n) is 4.17. The number of methoxy groups -OCH3 is 1. The van der Waals surface area contributed by atoms with Crippen LogP contribution >= 0.6 is 0 Å². The van der Waals surface area contributed by atoms with Crippen LogP contribution in [0.15, 0.2) is 48.5 Å². The minimum atomic E-state index is -0.614. The molecule has 1 saturated carbocycles. The lowest BCUT2D eigenvalue weighted by atomic mass is 9.95. The van der Waals surface area contributed by atoms with E-state index in [9.17, 15) is 9.59 Å². The molecule has 0 saturated heterocycles. The van der Waals surface area contributed by atoms with Gasteiger partial charge in [0.1, 0.15) is 17.5 Å². The fraction of sp³-hybridized carbons (Fsp3) is 0.481. The number of hydrogen-bond donors (Lipinski definition) is 1. The maximum atomic E-state index is 13.2. The van der Waals surface area contributed by atoms with Crippen LogP contribution in [0, 0.1) is 0 Å². The van der Waals surface area contributed by atoms with Crippen molar-refractivity contribution in [3.05, 3.63) is 59.7 Å². The third-order valence-electron chi connectivity index (χ3n) is 6.30. The molecule has 0 aliphatic heterocycles. The Labute approximate surface area is 197 Å². The van der Waals surface area contributed by atoms with Crippen LogP contribution in [0.1, 0.15) is 57.1 Å². The normalized spacial score (nSPS) is 14.9. The summed E-state index contributed by atoms with van der Waals surface area (Å²) in [5.41, 5.74) is 2.11. The quantitative estimate of drug-likeness (QED) is 0.576. The Morgan fingerprint density at radius 1 is 1.03 bits per heavy atom. The van der Waals surface area contributed by atoms with Gasteiger partial charge in [0.15, 0.2) is 6.61 Å². The van der Waals surface area contributed by atoms with Crippen LogP contribution in [0.3, 0.4) is 0 Å². The maximum absolute atomic E-state index is 13.2. The molecule has 3 rings (SSSR count). The molecule has 1 N–H and O–H groups in total. The molecule has 1 atom stereocenters. The lowest BCUT2D eigenvalue weighted by molar-refractivity contribution is -0.142. The SMILES string of the molecule is CCc1ccc(OCC(=O)N(Cc2cccc(OC)c2)[C@H](C)C(=O)NC2CCCCC2)cc1. The Bertz CT molecular complexity index is 907. The third kappa shape index (κ3) is 7.24. The van der Waals surface area contributed by atoms with Gasteiger partial charge in [-0.25, -0.2) is 0 Å². The molecular weight excluding hydrogens is 416 g/mol. The first-order chi connectivity index (χ1) is 16.0. The van der Waals surface area contributed by atoms with Gasteiger partial charge in [0.05, 0.1) is 7.11 Å². The summed E-state index contributed by atoms with van der Waals surface area (Å²) in [4.78, 5) is 27.9. The van der Waals surface area contributed by atoms with Crippen LogP contribution < -0.4 is 14.8 Å². The van der Waals surface area contributed by atoms with Crippen LogP contribution in [0.2, 0.25) is 0 Å². The number of carbonyl (C=O) groups is 2. The molecule has 0 bridgehead atoms. The van der Waals surface area contributed by atoms with Gasteiger partial charge < -0.3 is 19.7 Å². The highest BCUT2D eigenvalue weighted by Gasteiger charge is 2.28. The highest BCUT2D eigenvalue weighted by atomic mass is 16.5. The lowest BCUT2D eigenvalue weighted by Gasteiger charge is -2.31. The maximum Gasteiger partial charge on any atom is 0.261 e. The lowest BCUT2D eigenvalue weighted by Crippen LogP contribution is -2.51. The zero-order valence-electron chi connectivity index (χ0n) is 20.0. The van der Waals surface area contributed by atoms with Gasteiger partial charge in [-0.15, -0.1) is 0 Å². The fourth-order valence-corrected chi connectivity index (χ4v) is 4.17. The van der Waals surface area contributed by atoms with Crippen molar-refractivity contribution in [2.24, 2.45) is 0 Å². The largest absolute Gasteiger partial charge is 0.497 e. The van der Waals surface area contributed by atoms with E-state index in [1.807, 2.05) is 48.5 Å². The zero-order chi connectivity index (χ0) is 23.6. The smallest absolute Gasteiger partial charge is 0.261 e. The van der Waals surface area contributed by atoms with Crippen LogP contribution in [0.4, 0.5) is 0 Å². The summed E-state index contributed by atoms with van der Waals surface area (Å²) in [7, 11) is 1.61. The predicted octanol–water partition coefficient (Wildman–Crippen LogP) is 4.50. The van der Waals surface area contributed by atoms with Crippen molar-refractivity contribution in [1.82, 2.24) is 10.2 Å². The molecule has 6 nitrogen and oxygen atoms in total. The summed E-state index contributed by atoms with van der Waals surface area (Å²) in [6, 6.07) is 14.9. The van der Waals surface area contributed by atoms with Crippen molar-refractivity contribution in [1.29, 1.82) is 0 Å². The van der Waals surface area contributed by atoms with Crippen LogP contribution in [0.5, 0.6) is 11.5 Å². The van der Waals surface area contributed by atoms with Gasteiger partial charge in [0.25, 0.3) is 5.91 Å². The van der Waals surface area contributed by atoms with E-state index >= 15 is 0 Å². The number of carbonyl (C=O) groups excluding carboxylic acids is 2. The van der Waals surface area contributed by atoms with E-state index in [1.165, 1.54) is 12.0 Å². The number of aryl methyl sites for hydroxylation is 1. The molecule has 0 unspecified atom stereocenters. The number of hydrogen-bond acceptors (Lipinski definition) is 4. The number of benzene rings is 2. The van der Waals surface area contributed by atoms with E-state index in [4.69, 9.17) is 9.47 Å². The minimum absolute atomic E-state index is 0.120. The Morgan fingerprint density at radius 3 is 2.42 bits per heavy atom. The summed E-state index contributed by atoms with van der Waals surface area (Å²) in [5.74, 6) is 1.00. The Hall–Kier alpha value is -3.02. The van der Waals surface area contributed by atoms with Gasteiger partial charge in [0.2, 0.25) is 5.91 Å². The van der Waals surface area contributed by atoms with Crippen molar-refractivity contribution in [2.45, 2.75) is 71.0 Å². The molecule has 0 radical (unpaired) electrons. The number of amides is 2. The molecule has 1 aliphatic rings. The summed E-state index contributed by atoms with van der Waals surface area (Å²) in [6.45, 7) is 4.05. The molecule has 1 fully saturated rings. The Kier molecular flexibility index (Phi) is 9.16. The second-order valence-electron chi connectivity index (χ2n) is 8.68. The zero-order valence-corrected chi connectivity index (χ0v) is 20.0. The van der Waals surface area contributed by atoms with E-state index in [1.54, 1.807) is 18.9 Å². The number of ether oxygens (including phenoxy) is 2. The molecule has 2 aromatic carbocycles. The first kappa shape index (κ1) is 24.6. The average molecular weight is 453 g/mol. The third-order valence-corrected chi connectivity index (χ3v) is 6.30. The van der Waals surface area contributed by atoms with Gasteiger partial charge in [-0.05, 0) is 61.6 Å². The van der Waals surface area contributed by atoms with E-state index < -0.39 is 6.04 Å². The van der Waals surface area contributed by atoms with Crippen LogP contribution in [0.25, 0.3) is 0 Å².